The van der Waals surface area contributed by atoms with Gasteiger partial charge in [-0.05, 0) is 25.0 Å². The van der Waals surface area contributed by atoms with Crippen molar-refractivity contribution in [3.63, 3.8) is 0 Å². The Hall–Kier alpha value is -1.26. The zero-order valence-corrected chi connectivity index (χ0v) is 10.9. The Morgan fingerprint density at radius 2 is 1.94 bits per heavy atom. The van der Waals surface area contributed by atoms with Crippen LogP contribution in [0.4, 0.5) is 5.69 Å². The number of halogens is 2. The summed E-state index contributed by atoms with van der Waals surface area (Å²) in [5, 5.41) is 12.2. The Morgan fingerprint density at radius 3 is 2.44 bits per heavy atom. The van der Waals surface area contributed by atoms with E-state index in [0.29, 0.717) is 23.6 Å². The maximum atomic E-state index is 12.0. The lowest BCUT2D eigenvalue weighted by Gasteiger charge is -2.35. The molecule has 1 aromatic rings. The highest BCUT2D eigenvalue weighted by Crippen LogP contribution is 2.42. The average molecular weight is 288 g/mol. The second-order valence-corrected chi connectivity index (χ2v) is 5.08. The number of hydrogen-bond acceptors (Lipinski definition) is 2. The Bertz CT molecular complexity index is 512. The molecule has 96 valence electrons. The van der Waals surface area contributed by atoms with Crippen LogP contribution < -0.4 is 5.32 Å². The zero-order chi connectivity index (χ0) is 13.3. The van der Waals surface area contributed by atoms with E-state index in [1.165, 1.54) is 0 Å². The molecular formula is C12H11Cl2NO3. The van der Waals surface area contributed by atoms with E-state index in [1.807, 2.05) is 0 Å². The number of hydrogen-bond donors (Lipinski definition) is 2. The van der Waals surface area contributed by atoms with Gasteiger partial charge in [0.1, 0.15) is 5.41 Å². The molecule has 6 heteroatoms. The van der Waals surface area contributed by atoms with E-state index < -0.39 is 17.3 Å². The monoisotopic (exact) mass is 287 g/mol. The Kier molecular flexibility index (Phi) is 3.50. The quantitative estimate of drug-likeness (QED) is 0.839. The fraction of sp³-hybridized carbons (Fsp3) is 0.333. The van der Waals surface area contributed by atoms with Crippen LogP contribution in [-0.2, 0) is 9.59 Å². The minimum absolute atomic E-state index is 0.215. The lowest BCUT2D eigenvalue weighted by atomic mass is 9.68. The van der Waals surface area contributed by atoms with Gasteiger partial charge in [-0.1, -0.05) is 35.7 Å². The lowest BCUT2D eigenvalue weighted by Crippen LogP contribution is -2.48. The van der Waals surface area contributed by atoms with Crippen LogP contribution >= 0.6 is 23.2 Å². The summed E-state index contributed by atoms with van der Waals surface area (Å²) in [6.07, 6.45) is 1.45. The summed E-state index contributed by atoms with van der Waals surface area (Å²) in [5.74, 6) is -1.63. The van der Waals surface area contributed by atoms with Crippen LogP contribution in [-0.4, -0.2) is 17.0 Å². The van der Waals surface area contributed by atoms with Crippen LogP contribution in [0.25, 0.3) is 0 Å². The van der Waals surface area contributed by atoms with Gasteiger partial charge in [0.15, 0.2) is 0 Å². The predicted octanol–water partition coefficient (Wildman–Crippen LogP) is 3.19. The molecule has 0 heterocycles. The number of amides is 1. The van der Waals surface area contributed by atoms with Gasteiger partial charge >= 0.3 is 5.97 Å². The van der Waals surface area contributed by atoms with Crippen molar-refractivity contribution in [2.45, 2.75) is 19.3 Å². The van der Waals surface area contributed by atoms with Crippen LogP contribution in [0, 0.1) is 5.41 Å². The van der Waals surface area contributed by atoms with E-state index in [-0.39, 0.29) is 5.02 Å². The number of anilines is 1. The summed E-state index contributed by atoms with van der Waals surface area (Å²) in [5.41, 5.74) is -0.979. The highest BCUT2D eigenvalue weighted by molar-refractivity contribution is 6.44. The molecule has 18 heavy (non-hydrogen) atoms. The predicted molar refractivity (Wildman–Crippen MR) is 69.0 cm³/mol. The van der Waals surface area contributed by atoms with Gasteiger partial charge in [-0.3, -0.25) is 9.59 Å². The number of carbonyl (C=O) groups excluding carboxylic acids is 1. The van der Waals surface area contributed by atoms with Crippen LogP contribution in [0.3, 0.4) is 0 Å². The second kappa shape index (κ2) is 4.78. The van der Waals surface area contributed by atoms with E-state index in [9.17, 15) is 9.59 Å². The normalized spacial score (nSPS) is 16.8. The Morgan fingerprint density at radius 1 is 1.28 bits per heavy atom. The average Bonchev–Trinajstić information content (AvgIpc) is 2.22. The molecule has 1 aliphatic carbocycles. The molecule has 1 fully saturated rings. The molecule has 0 aliphatic heterocycles. The maximum absolute atomic E-state index is 12.0. The van der Waals surface area contributed by atoms with Crippen molar-refractivity contribution < 1.29 is 14.7 Å². The third-order valence-electron chi connectivity index (χ3n) is 3.25. The van der Waals surface area contributed by atoms with Gasteiger partial charge in [0, 0.05) is 0 Å². The Balaban J connectivity index is 2.21. The van der Waals surface area contributed by atoms with Crippen molar-refractivity contribution in [1.29, 1.82) is 0 Å². The number of carbonyl (C=O) groups is 2. The summed E-state index contributed by atoms with van der Waals surface area (Å²) in [6.45, 7) is 0. The molecule has 4 nitrogen and oxygen atoms in total. The molecule has 0 radical (unpaired) electrons. The highest BCUT2D eigenvalue weighted by atomic mass is 35.5. The first kappa shape index (κ1) is 13.2. The van der Waals surface area contributed by atoms with Crippen molar-refractivity contribution in [3.8, 4) is 0 Å². The lowest BCUT2D eigenvalue weighted by molar-refractivity contribution is -0.159. The molecule has 0 aromatic heterocycles. The first-order valence-corrected chi connectivity index (χ1v) is 6.22. The molecule has 0 unspecified atom stereocenters. The SMILES string of the molecule is O=C(O)C1(C(=O)Nc2cccc(Cl)c2Cl)CCC1. The smallest absolute Gasteiger partial charge is 0.319 e. The molecular weight excluding hydrogens is 277 g/mol. The summed E-state index contributed by atoms with van der Waals surface area (Å²) < 4.78 is 0. The molecule has 0 saturated heterocycles. The number of rotatable bonds is 3. The second-order valence-electron chi connectivity index (χ2n) is 4.30. The number of nitrogens with one attached hydrogen (secondary N) is 1. The minimum atomic E-state index is -1.31. The highest BCUT2D eigenvalue weighted by Gasteiger charge is 2.51. The minimum Gasteiger partial charge on any atom is -0.480 e. The molecule has 0 atom stereocenters. The molecule has 0 bridgehead atoms. The number of aliphatic carboxylic acids is 1. The molecule has 0 spiro atoms. The van der Waals surface area contributed by atoms with Crippen LogP contribution in [0.2, 0.25) is 10.0 Å². The molecule has 1 aliphatic rings. The summed E-state index contributed by atoms with van der Waals surface area (Å²) >= 11 is 11.8. The van der Waals surface area contributed by atoms with Crippen molar-refractivity contribution in [2.24, 2.45) is 5.41 Å². The largest absolute Gasteiger partial charge is 0.480 e. The van der Waals surface area contributed by atoms with Gasteiger partial charge < -0.3 is 10.4 Å². The molecule has 2 N–H and O–H groups in total. The third kappa shape index (κ3) is 2.06. The standard InChI is InChI=1S/C12H11Cl2NO3/c13-7-3-1-4-8(9(7)14)15-10(16)12(11(17)18)5-2-6-12/h1,3-4H,2,5-6H2,(H,15,16)(H,17,18). The van der Waals surface area contributed by atoms with Crippen molar-refractivity contribution in [1.82, 2.24) is 0 Å². The first-order chi connectivity index (χ1) is 8.47. The number of benzene rings is 1. The van der Waals surface area contributed by atoms with Crippen molar-refractivity contribution >= 4 is 40.8 Å². The van der Waals surface area contributed by atoms with E-state index in [2.05, 4.69) is 5.32 Å². The molecule has 2 rings (SSSR count). The van der Waals surface area contributed by atoms with Crippen LogP contribution in [0.5, 0.6) is 0 Å². The van der Waals surface area contributed by atoms with Gasteiger partial charge in [0.25, 0.3) is 0 Å². The van der Waals surface area contributed by atoms with Gasteiger partial charge in [0.05, 0.1) is 15.7 Å². The van der Waals surface area contributed by atoms with Crippen molar-refractivity contribution in [3.05, 3.63) is 28.2 Å². The van der Waals surface area contributed by atoms with Gasteiger partial charge in [-0.25, -0.2) is 0 Å². The van der Waals surface area contributed by atoms with Crippen LogP contribution in [0.1, 0.15) is 19.3 Å². The zero-order valence-electron chi connectivity index (χ0n) is 9.37. The molecule has 1 amide bonds. The van der Waals surface area contributed by atoms with Crippen molar-refractivity contribution in [2.75, 3.05) is 5.32 Å². The number of carboxylic acids is 1. The molecule has 1 aromatic carbocycles. The van der Waals surface area contributed by atoms with Crippen LogP contribution in [0.15, 0.2) is 18.2 Å². The Labute approximate surface area is 114 Å². The maximum Gasteiger partial charge on any atom is 0.319 e. The number of carboxylic acid groups (broad SMARTS) is 1. The summed E-state index contributed by atoms with van der Waals surface area (Å²) in [7, 11) is 0. The van der Waals surface area contributed by atoms with E-state index in [4.69, 9.17) is 28.3 Å². The summed E-state index contributed by atoms with van der Waals surface area (Å²) in [4.78, 5) is 23.2. The third-order valence-corrected chi connectivity index (χ3v) is 4.07. The van der Waals surface area contributed by atoms with E-state index in [0.717, 1.165) is 6.42 Å². The van der Waals surface area contributed by atoms with E-state index >= 15 is 0 Å². The first-order valence-electron chi connectivity index (χ1n) is 5.46. The van der Waals surface area contributed by atoms with E-state index in [1.54, 1.807) is 18.2 Å². The topological polar surface area (TPSA) is 66.4 Å². The van der Waals surface area contributed by atoms with Gasteiger partial charge in [0.2, 0.25) is 5.91 Å². The van der Waals surface area contributed by atoms with Gasteiger partial charge in [-0.15, -0.1) is 0 Å². The van der Waals surface area contributed by atoms with Gasteiger partial charge in [-0.2, -0.15) is 0 Å². The summed E-state index contributed by atoms with van der Waals surface area (Å²) in [6, 6.07) is 4.81. The fourth-order valence-electron chi connectivity index (χ4n) is 1.91. The fourth-order valence-corrected chi connectivity index (χ4v) is 2.26. The molecule has 1 saturated carbocycles.